The Hall–Kier alpha value is -7.62. The molecule has 11 aromatic rings. The average molecular weight is 838 g/mol. The molecule has 0 spiro atoms. The van der Waals surface area contributed by atoms with Crippen LogP contribution in [0.15, 0.2) is 185 Å². The summed E-state index contributed by atoms with van der Waals surface area (Å²) in [6, 6.07) is 64.5. The van der Waals surface area contributed by atoms with Gasteiger partial charge in [-0.1, -0.05) is 155 Å². The van der Waals surface area contributed by atoms with Crippen molar-refractivity contribution in [1.29, 1.82) is 0 Å². The molecule has 65 heavy (non-hydrogen) atoms. The van der Waals surface area contributed by atoms with Crippen molar-refractivity contribution in [3.63, 3.8) is 0 Å². The Morgan fingerprint density at radius 1 is 0.400 bits per heavy atom. The Balaban J connectivity index is 1.01. The number of rotatable bonds is 5. The molecule has 2 heterocycles. The number of fused-ring (bicyclic) bond motifs is 14. The van der Waals surface area contributed by atoms with E-state index in [1.807, 2.05) is 0 Å². The van der Waals surface area contributed by atoms with Gasteiger partial charge in [-0.05, 0) is 130 Å². The molecular weight excluding hydrogens is 791 g/mol. The monoisotopic (exact) mass is 837 g/mol. The molecule has 2 aliphatic carbocycles. The van der Waals surface area contributed by atoms with Crippen LogP contribution in [0.25, 0.3) is 88.4 Å². The highest BCUT2D eigenvalue weighted by atomic mass is 16.3. The third-order valence-corrected chi connectivity index (χ3v) is 14.8. The number of hydrogen-bond donors (Lipinski definition) is 0. The zero-order valence-corrected chi connectivity index (χ0v) is 37.5. The van der Waals surface area contributed by atoms with Crippen molar-refractivity contribution >= 4 is 60.9 Å². The van der Waals surface area contributed by atoms with Crippen LogP contribution in [-0.4, -0.2) is 0 Å². The normalized spacial score (nSPS) is 14.2. The average Bonchev–Trinajstić information content (AvgIpc) is 4.03. The summed E-state index contributed by atoms with van der Waals surface area (Å²) in [7, 11) is 0. The summed E-state index contributed by atoms with van der Waals surface area (Å²) in [6.45, 7) is 13.9. The van der Waals surface area contributed by atoms with Gasteiger partial charge in [-0.2, -0.15) is 0 Å². The first-order valence-electron chi connectivity index (χ1n) is 22.8. The van der Waals surface area contributed by atoms with Gasteiger partial charge in [-0.15, -0.1) is 0 Å². The molecule has 0 radical (unpaired) electrons. The van der Waals surface area contributed by atoms with E-state index in [-0.39, 0.29) is 10.8 Å². The van der Waals surface area contributed by atoms with Crippen LogP contribution in [-0.2, 0) is 10.8 Å². The number of aryl methyl sites for hydroxylation is 2. The van der Waals surface area contributed by atoms with Gasteiger partial charge in [0.25, 0.3) is 0 Å². The lowest BCUT2D eigenvalue weighted by molar-refractivity contribution is 0.653. The maximum atomic E-state index is 6.90. The molecule has 312 valence electrons. The van der Waals surface area contributed by atoms with Gasteiger partial charge in [-0.3, -0.25) is 0 Å². The summed E-state index contributed by atoms with van der Waals surface area (Å²) in [5, 5.41) is 4.64. The van der Waals surface area contributed by atoms with Gasteiger partial charge in [-0.25, -0.2) is 0 Å². The first-order valence-corrected chi connectivity index (χ1v) is 22.8. The lowest BCUT2D eigenvalue weighted by Crippen LogP contribution is -2.18. The van der Waals surface area contributed by atoms with Gasteiger partial charge in [0.15, 0.2) is 0 Å². The Bertz CT molecular complexity index is 3560. The quantitative estimate of drug-likeness (QED) is 0.173. The molecule has 3 nitrogen and oxygen atoms in total. The second-order valence-corrected chi connectivity index (χ2v) is 19.4. The minimum Gasteiger partial charge on any atom is -0.455 e. The van der Waals surface area contributed by atoms with Gasteiger partial charge >= 0.3 is 0 Å². The van der Waals surface area contributed by atoms with E-state index in [4.69, 9.17) is 8.83 Å². The van der Waals surface area contributed by atoms with Crippen molar-refractivity contribution in [1.82, 2.24) is 0 Å². The van der Waals surface area contributed by atoms with Crippen LogP contribution >= 0.6 is 0 Å². The van der Waals surface area contributed by atoms with Crippen molar-refractivity contribution in [2.24, 2.45) is 0 Å². The molecule has 0 saturated carbocycles. The van der Waals surface area contributed by atoms with Gasteiger partial charge in [0.05, 0.1) is 0 Å². The third-order valence-electron chi connectivity index (χ3n) is 14.8. The van der Waals surface area contributed by atoms with E-state index in [0.717, 1.165) is 50.2 Å². The van der Waals surface area contributed by atoms with Gasteiger partial charge < -0.3 is 13.7 Å². The second kappa shape index (κ2) is 13.5. The fourth-order valence-electron chi connectivity index (χ4n) is 11.6. The van der Waals surface area contributed by atoms with Crippen molar-refractivity contribution in [3.8, 4) is 44.5 Å². The van der Waals surface area contributed by atoms with E-state index in [2.05, 4.69) is 222 Å². The number of hydrogen-bond acceptors (Lipinski definition) is 3. The molecule has 0 atom stereocenters. The van der Waals surface area contributed by atoms with E-state index < -0.39 is 0 Å². The molecule has 0 fully saturated rings. The van der Waals surface area contributed by atoms with E-state index in [9.17, 15) is 0 Å². The highest BCUT2D eigenvalue weighted by molar-refractivity contribution is 6.19. The lowest BCUT2D eigenvalue weighted by atomic mass is 9.80. The Morgan fingerprint density at radius 3 is 1.31 bits per heavy atom. The maximum absolute atomic E-state index is 6.90. The van der Waals surface area contributed by atoms with E-state index in [1.54, 1.807) is 0 Å². The van der Waals surface area contributed by atoms with Crippen LogP contribution in [0, 0.1) is 13.8 Å². The van der Waals surface area contributed by atoms with Crippen molar-refractivity contribution in [2.75, 3.05) is 4.90 Å². The number of benzene rings is 9. The van der Waals surface area contributed by atoms with Gasteiger partial charge in [0, 0.05) is 60.6 Å². The van der Waals surface area contributed by atoms with Crippen molar-refractivity contribution < 1.29 is 8.83 Å². The van der Waals surface area contributed by atoms with Crippen LogP contribution in [0.1, 0.15) is 61.1 Å². The maximum Gasteiger partial charge on any atom is 0.144 e. The van der Waals surface area contributed by atoms with Crippen LogP contribution in [0.4, 0.5) is 17.1 Å². The van der Waals surface area contributed by atoms with Crippen LogP contribution in [0.5, 0.6) is 0 Å². The third kappa shape index (κ3) is 5.30. The van der Waals surface area contributed by atoms with Gasteiger partial charge in [0.1, 0.15) is 22.3 Å². The highest BCUT2D eigenvalue weighted by Gasteiger charge is 2.41. The second-order valence-electron chi connectivity index (χ2n) is 19.4. The fourth-order valence-corrected chi connectivity index (χ4v) is 11.6. The molecule has 3 heteroatoms. The molecule has 2 aromatic heterocycles. The SMILES string of the molecule is Cc1ccc(N(c2ccc3c(c2)C(C)(C)c2cc(-c4ccccc4)c4c(oc5ccccc54)c2-3)c2ccc3c(c2)C(C)(C)c2cc(-c4ccccc4)c4c(oc5ccccc54)c2-3)c(C)c1. The zero-order valence-electron chi connectivity index (χ0n) is 37.5. The predicted molar refractivity (Wildman–Crippen MR) is 271 cm³/mol. The number of furan rings is 2. The number of para-hydroxylation sites is 2. The molecule has 0 N–H and O–H groups in total. The fraction of sp³-hybridized carbons (Fsp3) is 0.129. The molecule has 9 aromatic carbocycles. The summed E-state index contributed by atoms with van der Waals surface area (Å²) in [5.74, 6) is 0. The van der Waals surface area contributed by atoms with E-state index in [0.29, 0.717) is 0 Å². The molecule has 0 unspecified atom stereocenters. The first-order chi connectivity index (χ1) is 31.6. The summed E-state index contributed by atoms with van der Waals surface area (Å²) >= 11 is 0. The molecule has 0 aliphatic heterocycles. The standard InChI is InChI=1S/C62H47NO2/c1-36-25-30-52(37(2)31-36)63(40-26-28-42-48(32-40)61(3,4)50-34-46(38-17-9-7-10-18-38)55-44-21-13-15-23-53(44)64-59(55)57(42)50)41-27-29-43-49(33-41)62(5,6)51-35-47(39-19-11-8-12-20-39)56-45-22-14-16-24-54(45)65-60(56)58(43)51/h7-35H,1-6H3. The Kier molecular flexibility index (Phi) is 7.84. The smallest absolute Gasteiger partial charge is 0.144 e. The summed E-state index contributed by atoms with van der Waals surface area (Å²) in [5.41, 5.74) is 23.8. The molecule has 0 bridgehead atoms. The van der Waals surface area contributed by atoms with E-state index >= 15 is 0 Å². The lowest BCUT2D eigenvalue weighted by Gasteiger charge is -2.31. The summed E-state index contributed by atoms with van der Waals surface area (Å²) < 4.78 is 13.8. The van der Waals surface area contributed by atoms with Crippen LogP contribution < -0.4 is 4.90 Å². The highest BCUT2D eigenvalue weighted by Crippen LogP contribution is 2.58. The van der Waals surface area contributed by atoms with Crippen molar-refractivity contribution in [2.45, 2.75) is 52.4 Å². The van der Waals surface area contributed by atoms with Crippen molar-refractivity contribution in [3.05, 3.63) is 209 Å². The molecular formula is C62H47NO2. The Labute approximate surface area is 379 Å². The number of anilines is 3. The first kappa shape index (κ1) is 37.9. The Morgan fingerprint density at radius 2 is 0.846 bits per heavy atom. The topological polar surface area (TPSA) is 29.5 Å². The molecule has 13 rings (SSSR count). The molecule has 0 amide bonds. The molecule has 2 aliphatic rings. The van der Waals surface area contributed by atoms with Crippen LogP contribution in [0.3, 0.4) is 0 Å². The minimum atomic E-state index is -0.304. The van der Waals surface area contributed by atoms with Gasteiger partial charge in [0.2, 0.25) is 0 Å². The minimum absolute atomic E-state index is 0.304. The zero-order chi connectivity index (χ0) is 43.9. The summed E-state index contributed by atoms with van der Waals surface area (Å²) in [4.78, 5) is 2.48. The van der Waals surface area contributed by atoms with Crippen LogP contribution in [0.2, 0.25) is 0 Å². The number of nitrogens with zero attached hydrogens (tertiary/aromatic N) is 1. The largest absolute Gasteiger partial charge is 0.455 e. The summed E-state index contributed by atoms with van der Waals surface area (Å²) in [6.07, 6.45) is 0. The predicted octanol–water partition coefficient (Wildman–Crippen LogP) is 17.5. The van der Waals surface area contributed by atoms with E-state index in [1.165, 1.54) is 88.7 Å². The molecule has 0 saturated heterocycles.